The zero-order chi connectivity index (χ0) is 24.0. The molecule has 0 saturated carbocycles. The van der Waals surface area contributed by atoms with Crippen molar-refractivity contribution in [3.05, 3.63) is 95.8 Å². The minimum absolute atomic E-state index is 0.0222. The molecule has 0 saturated heterocycles. The minimum Gasteiger partial charge on any atom is -0.352 e. The van der Waals surface area contributed by atoms with Crippen LogP contribution in [0.4, 0.5) is 4.39 Å². The van der Waals surface area contributed by atoms with Gasteiger partial charge in [0, 0.05) is 29.7 Å². The first kappa shape index (κ1) is 23.0. The van der Waals surface area contributed by atoms with Crippen LogP contribution in [0.2, 0.25) is 0 Å². The normalized spacial score (nSPS) is 11.2. The van der Waals surface area contributed by atoms with Gasteiger partial charge < -0.3 is 9.88 Å². The molecule has 1 N–H and O–H groups in total. The molecule has 1 amide bonds. The van der Waals surface area contributed by atoms with E-state index in [1.165, 1.54) is 17.8 Å². The van der Waals surface area contributed by atoms with Crippen molar-refractivity contribution in [3.8, 4) is 0 Å². The second-order valence-corrected chi connectivity index (χ2v) is 9.24. The van der Waals surface area contributed by atoms with Gasteiger partial charge in [-0.15, -0.1) is 10.2 Å². The smallest absolute Gasteiger partial charge is 0.220 e. The molecule has 2 aromatic heterocycles. The van der Waals surface area contributed by atoms with Crippen molar-refractivity contribution in [2.75, 3.05) is 5.75 Å². The first-order valence-electron chi connectivity index (χ1n) is 11.5. The Morgan fingerprint density at radius 1 is 0.943 bits per heavy atom. The summed E-state index contributed by atoms with van der Waals surface area (Å²) in [6, 6.07) is 24.5. The lowest BCUT2D eigenvalue weighted by molar-refractivity contribution is -0.121. The molecule has 6 nitrogen and oxygen atoms in total. The van der Waals surface area contributed by atoms with Gasteiger partial charge in [0.2, 0.25) is 11.1 Å². The first-order valence-corrected chi connectivity index (χ1v) is 12.5. The van der Waals surface area contributed by atoms with E-state index in [9.17, 15) is 9.18 Å². The monoisotopic (exact) mass is 485 g/mol. The van der Waals surface area contributed by atoms with E-state index in [-0.39, 0.29) is 11.7 Å². The Kier molecular flexibility index (Phi) is 6.99. The van der Waals surface area contributed by atoms with Crippen LogP contribution in [0.5, 0.6) is 0 Å². The molecule has 0 bridgehead atoms. The Bertz CT molecular complexity index is 1470. The third kappa shape index (κ3) is 5.33. The third-order valence-electron chi connectivity index (χ3n) is 5.75. The van der Waals surface area contributed by atoms with Gasteiger partial charge in [-0.3, -0.25) is 4.79 Å². The first-order chi connectivity index (χ1) is 17.2. The molecule has 176 valence electrons. The van der Waals surface area contributed by atoms with Gasteiger partial charge in [-0.2, -0.15) is 0 Å². The Labute approximate surface area is 206 Å². The number of nitrogens with one attached hydrogen (secondary N) is 1. The number of carbonyl (C=O) groups is 1. The number of benzene rings is 3. The van der Waals surface area contributed by atoms with E-state index in [0.717, 1.165) is 16.5 Å². The third-order valence-corrected chi connectivity index (χ3v) is 6.68. The van der Waals surface area contributed by atoms with Gasteiger partial charge in [0.15, 0.2) is 5.65 Å². The number of rotatable bonds is 9. The molecule has 5 rings (SSSR count). The zero-order valence-electron chi connectivity index (χ0n) is 19.0. The second kappa shape index (κ2) is 10.7. The molecule has 0 fully saturated rings. The Morgan fingerprint density at radius 2 is 1.71 bits per heavy atom. The number of aromatic nitrogens is 4. The van der Waals surface area contributed by atoms with Crippen LogP contribution in [0.3, 0.4) is 0 Å². The van der Waals surface area contributed by atoms with Crippen LogP contribution in [0.15, 0.2) is 84.0 Å². The molecule has 0 radical (unpaired) electrons. The standard InChI is InChI=1S/C27H24FN5OS/c28-22-13-6-4-11-20(22)18-33-23-14-7-5-12-21(23)25-26(33)30-27(32-31-25)35-16-8-15-24(34)29-17-19-9-2-1-3-10-19/h1-7,9-14H,8,15-18H2,(H,29,34). The highest BCUT2D eigenvalue weighted by Gasteiger charge is 2.16. The van der Waals surface area contributed by atoms with Crippen LogP contribution < -0.4 is 5.32 Å². The number of thioether (sulfide) groups is 1. The van der Waals surface area contributed by atoms with E-state index in [0.29, 0.717) is 53.6 Å². The van der Waals surface area contributed by atoms with Gasteiger partial charge in [0.25, 0.3) is 0 Å². The SMILES string of the molecule is O=C(CCCSc1nnc2c3ccccc3n(Cc3ccccc3F)c2n1)NCc1ccccc1. The summed E-state index contributed by atoms with van der Waals surface area (Å²) in [5, 5.41) is 13.2. The fourth-order valence-electron chi connectivity index (χ4n) is 3.99. The van der Waals surface area contributed by atoms with Crippen LogP contribution in [-0.2, 0) is 17.9 Å². The number of hydrogen-bond donors (Lipinski definition) is 1. The van der Waals surface area contributed by atoms with Gasteiger partial charge in [0.1, 0.15) is 11.3 Å². The van der Waals surface area contributed by atoms with E-state index in [4.69, 9.17) is 4.98 Å². The summed E-state index contributed by atoms with van der Waals surface area (Å²) < 4.78 is 16.4. The van der Waals surface area contributed by atoms with Crippen LogP contribution in [-0.4, -0.2) is 31.4 Å². The maximum atomic E-state index is 14.4. The Balaban J connectivity index is 1.27. The van der Waals surface area contributed by atoms with Gasteiger partial charge in [-0.25, -0.2) is 9.37 Å². The summed E-state index contributed by atoms with van der Waals surface area (Å²) in [5.74, 6) is 0.467. The van der Waals surface area contributed by atoms with E-state index >= 15 is 0 Å². The molecule has 0 atom stereocenters. The number of nitrogens with zero attached hydrogens (tertiary/aromatic N) is 4. The molecule has 0 aliphatic rings. The molecule has 2 heterocycles. The van der Waals surface area contributed by atoms with Crippen molar-refractivity contribution in [1.82, 2.24) is 25.1 Å². The van der Waals surface area contributed by atoms with Gasteiger partial charge in [-0.1, -0.05) is 78.5 Å². The van der Waals surface area contributed by atoms with Crippen LogP contribution in [0.25, 0.3) is 22.1 Å². The number of fused-ring (bicyclic) bond motifs is 3. The van der Waals surface area contributed by atoms with Crippen LogP contribution in [0, 0.1) is 5.82 Å². The second-order valence-electron chi connectivity index (χ2n) is 8.18. The lowest BCUT2D eigenvalue weighted by Crippen LogP contribution is -2.22. The van der Waals surface area contributed by atoms with Gasteiger partial charge in [-0.05, 0) is 24.1 Å². The summed E-state index contributed by atoms with van der Waals surface area (Å²) in [5.41, 5.74) is 3.97. The van der Waals surface area contributed by atoms with Gasteiger partial charge in [0.05, 0.1) is 12.1 Å². The molecule has 0 aliphatic heterocycles. The van der Waals surface area contributed by atoms with Crippen molar-refractivity contribution in [2.45, 2.75) is 31.1 Å². The van der Waals surface area contributed by atoms with Crippen molar-refractivity contribution >= 4 is 39.7 Å². The van der Waals surface area contributed by atoms with Crippen molar-refractivity contribution < 1.29 is 9.18 Å². The number of para-hydroxylation sites is 1. The summed E-state index contributed by atoms with van der Waals surface area (Å²) in [6.45, 7) is 0.879. The quantitative estimate of drug-likeness (QED) is 0.225. The summed E-state index contributed by atoms with van der Waals surface area (Å²) in [6.07, 6.45) is 1.13. The minimum atomic E-state index is -0.249. The molecule has 5 aromatic rings. The number of amides is 1. The van der Waals surface area contributed by atoms with Crippen molar-refractivity contribution in [3.63, 3.8) is 0 Å². The van der Waals surface area contributed by atoms with Gasteiger partial charge >= 0.3 is 0 Å². The van der Waals surface area contributed by atoms with Crippen molar-refractivity contribution in [2.24, 2.45) is 0 Å². The fraction of sp³-hybridized carbons (Fsp3) is 0.185. The largest absolute Gasteiger partial charge is 0.352 e. The molecular formula is C27H24FN5OS. The van der Waals surface area contributed by atoms with Crippen LogP contribution >= 0.6 is 11.8 Å². The zero-order valence-corrected chi connectivity index (χ0v) is 19.8. The summed E-state index contributed by atoms with van der Waals surface area (Å²) >= 11 is 1.47. The lowest BCUT2D eigenvalue weighted by atomic mass is 10.2. The topological polar surface area (TPSA) is 72.7 Å². The van der Waals surface area contributed by atoms with E-state index in [1.54, 1.807) is 12.1 Å². The van der Waals surface area contributed by atoms with E-state index in [1.807, 2.05) is 65.2 Å². The average molecular weight is 486 g/mol. The molecule has 3 aromatic carbocycles. The molecule has 0 spiro atoms. The van der Waals surface area contributed by atoms with E-state index in [2.05, 4.69) is 15.5 Å². The van der Waals surface area contributed by atoms with E-state index < -0.39 is 0 Å². The predicted octanol–water partition coefficient (Wildman–Crippen LogP) is 5.36. The number of hydrogen-bond acceptors (Lipinski definition) is 5. The molecule has 0 aliphatic carbocycles. The summed E-state index contributed by atoms with van der Waals surface area (Å²) in [4.78, 5) is 16.9. The fourth-order valence-corrected chi connectivity index (χ4v) is 4.71. The maximum Gasteiger partial charge on any atom is 0.220 e. The average Bonchev–Trinajstić information content (AvgIpc) is 3.20. The Hall–Kier alpha value is -3.78. The molecule has 35 heavy (non-hydrogen) atoms. The highest BCUT2D eigenvalue weighted by molar-refractivity contribution is 7.99. The van der Waals surface area contributed by atoms with Crippen molar-refractivity contribution in [1.29, 1.82) is 0 Å². The Morgan fingerprint density at radius 3 is 2.57 bits per heavy atom. The predicted molar refractivity (Wildman–Crippen MR) is 137 cm³/mol. The molecular weight excluding hydrogens is 461 g/mol. The number of carbonyl (C=O) groups excluding carboxylic acids is 1. The van der Waals surface area contributed by atoms with Crippen LogP contribution in [0.1, 0.15) is 24.0 Å². The number of halogens is 1. The lowest BCUT2D eigenvalue weighted by Gasteiger charge is -2.08. The maximum absolute atomic E-state index is 14.4. The summed E-state index contributed by atoms with van der Waals surface area (Å²) in [7, 11) is 0. The molecule has 0 unspecified atom stereocenters. The highest BCUT2D eigenvalue weighted by atomic mass is 32.2. The highest BCUT2D eigenvalue weighted by Crippen LogP contribution is 2.28. The molecule has 8 heteroatoms.